The molecule has 7 nitrogen and oxygen atoms in total. The van der Waals surface area contributed by atoms with Crippen molar-refractivity contribution in [2.45, 2.75) is 77.7 Å². The Balaban J connectivity index is 1.07. The smallest absolute Gasteiger partial charge is 0.367 e. The highest BCUT2D eigenvalue weighted by Gasteiger charge is 2.29. The van der Waals surface area contributed by atoms with E-state index in [1.54, 1.807) is 6.07 Å². The number of rotatable bonds is 9. The lowest BCUT2D eigenvalue weighted by atomic mass is 9.93. The molecule has 2 saturated heterocycles. The van der Waals surface area contributed by atoms with Gasteiger partial charge in [-0.3, -0.25) is 4.90 Å². The third kappa shape index (κ3) is 6.87. The van der Waals surface area contributed by atoms with Crippen LogP contribution in [0.25, 0.3) is 21.1 Å². The molecule has 2 aliphatic rings. The second kappa shape index (κ2) is 13.0. The summed E-state index contributed by atoms with van der Waals surface area (Å²) in [5.41, 5.74) is 4.42. The van der Waals surface area contributed by atoms with Crippen LogP contribution in [0.3, 0.4) is 0 Å². The minimum absolute atomic E-state index is 0.195. The van der Waals surface area contributed by atoms with Crippen molar-refractivity contribution in [3.63, 3.8) is 0 Å². The van der Waals surface area contributed by atoms with Gasteiger partial charge in [-0.2, -0.15) is 18.4 Å². The number of anilines is 1. The summed E-state index contributed by atoms with van der Waals surface area (Å²) >= 11 is 1.08. The Kier molecular flexibility index (Phi) is 9.13. The number of alkyl halides is 3. The van der Waals surface area contributed by atoms with Crippen LogP contribution in [0, 0.1) is 24.2 Å². The number of hydrogen-bond acceptors (Lipinski definition) is 7. The highest BCUT2D eigenvalue weighted by molar-refractivity contribution is 7.18. The zero-order chi connectivity index (χ0) is 30.8. The summed E-state index contributed by atoms with van der Waals surface area (Å²) in [4.78, 5) is 14.4. The molecule has 4 aromatic rings. The molecule has 0 amide bonds. The van der Waals surface area contributed by atoms with Gasteiger partial charge in [-0.1, -0.05) is 13.0 Å². The third-order valence-electron chi connectivity index (χ3n) is 9.57. The number of likely N-dealkylation sites (tertiary alicyclic amines) is 2. The predicted octanol–water partition coefficient (Wildman–Crippen LogP) is 7.13. The summed E-state index contributed by atoms with van der Waals surface area (Å²) in [5.74, 6) is 1.33. The average molecular weight is 624 g/mol. The van der Waals surface area contributed by atoms with Crippen molar-refractivity contribution >= 4 is 38.3 Å². The van der Waals surface area contributed by atoms with E-state index in [1.807, 2.05) is 0 Å². The molecule has 0 unspecified atom stereocenters. The highest BCUT2D eigenvalue weighted by atomic mass is 32.1. The molecule has 11 heteroatoms. The van der Waals surface area contributed by atoms with Crippen LogP contribution in [0.4, 0.5) is 19.0 Å². The van der Waals surface area contributed by atoms with Gasteiger partial charge in [-0.15, -0.1) is 11.3 Å². The van der Waals surface area contributed by atoms with Gasteiger partial charge in [0.2, 0.25) is 0 Å². The molecule has 1 aromatic carbocycles. The molecule has 1 N–H and O–H groups in total. The van der Waals surface area contributed by atoms with Crippen LogP contribution in [0.5, 0.6) is 0 Å². The van der Waals surface area contributed by atoms with Crippen molar-refractivity contribution in [3.05, 3.63) is 52.3 Å². The Morgan fingerprint density at radius 1 is 1.02 bits per heavy atom. The van der Waals surface area contributed by atoms with Gasteiger partial charge >= 0.3 is 6.18 Å². The second-order valence-electron chi connectivity index (χ2n) is 12.4. The number of thiophene rings is 1. The molecule has 0 aliphatic carbocycles. The lowest BCUT2D eigenvalue weighted by Crippen LogP contribution is -2.39. The van der Waals surface area contributed by atoms with Crippen molar-refractivity contribution in [1.29, 1.82) is 5.26 Å². The van der Waals surface area contributed by atoms with Crippen LogP contribution in [-0.4, -0.2) is 69.3 Å². The van der Waals surface area contributed by atoms with Crippen molar-refractivity contribution in [2.75, 3.05) is 38.0 Å². The van der Waals surface area contributed by atoms with E-state index in [-0.39, 0.29) is 10.9 Å². The fraction of sp³-hybridized carbons (Fsp3) is 0.545. The summed E-state index contributed by atoms with van der Waals surface area (Å²) in [6.45, 7) is 11.4. The maximum atomic E-state index is 12.9. The molecule has 5 heterocycles. The Labute approximate surface area is 260 Å². The van der Waals surface area contributed by atoms with E-state index in [4.69, 9.17) is 0 Å². The Hall–Kier alpha value is -3.20. The van der Waals surface area contributed by atoms with Gasteiger partial charge < -0.3 is 14.8 Å². The van der Waals surface area contributed by atoms with Gasteiger partial charge in [0, 0.05) is 48.0 Å². The van der Waals surface area contributed by atoms with Crippen LogP contribution in [0.2, 0.25) is 0 Å². The average Bonchev–Trinajstić information content (AvgIpc) is 3.59. The van der Waals surface area contributed by atoms with Gasteiger partial charge in [0.25, 0.3) is 0 Å². The minimum atomic E-state index is -4.24. The van der Waals surface area contributed by atoms with Crippen molar-refractivity contribution in [3.8, 4) is 6.07 Å². The van der Waals surface area contributed by atoms with E-state index < -0.39 is 12.6 Å². The molecular formula is C33H40F3N7S. The lowest BCUT2D eigenvalue weighted by molar-refractivity contribution is -0.126. The molecule has 44 heavy (non-hydrogen) atoms. The molecule has 2 aliphatic heterocycles. The van der Waals surface area contributed by atoms with Crippen molar-refractivity contribution in [2.24, 2.45) is 5.92 Å². The summed E-state index contributed by atoms with van der Waals surface area (Å²) in [6, 6.07) is 10.7. The molecule has 2 fully saturated rings. The van der Waals surface area contributed by atoms with Crippen LogP contribution >= 0.6 is 11.3 Å². The number of nitriles is 1. The topological polar surface area (TPSA) is 73.0 Å². The zero-order valence-corrected chi connectivity index (χ0v) is 26.3. The number of nitrogens with one attached hydrogen (secondary N) is 1. The molecule has 234 valence electrons. The summed E-state index contributed by atoms with van der Waals surface area (Å²) in [6.07, 6.45) is 1.66. The summed E-state index contributed by atoms with van der Waals surface area (Å²) in [7, 11) is 0. The molecule has 3 aromatic heterocycles. The Morgan fingerprint density at radius 3 is 2.48 bits per heavy atom. The van der Waals surface area contributed by atoms with E-state index in [0.29, 0.717) is 16.0 Å². The maximum absolute atomic E-state index is 12.9. The number of nitrogens with zero attached hydrogens (tertiary/aromatic N) is 6. The number of aryl methyl sites for hydroxylation is 2. The molecule has 0 bridgehead atoms. The van der Waals surface area contributed by atoms with Gasteiger partial charge in [-0.25, -0.2) is 9.97 Å². The Bertz CT molecular complexity index is 1640. The van der Waals surface area contributed by atoms with Crippen molar-refractivity contribution < 1.29 is 13.2 Å². The normalized spacial score (nSPS) is 17.9. The minimum Gasteiger partial charge on any atom is -0.367 e. The number of aromatic nitrogens is 3. The van der Waals surface area contributed by atoms with Crippen LogP contribution in [0.15, 0.2) is 30.6 Å². The SMILES string of the molecule is CCN1CCC(CCn2c(C#N)cc3c(C)c(CN4CCC(Nc5ncnc6sc(CC(F)(F)F)cc56)CC4)ccc32)CC1. The van der Waals surface area contributed by atoms with Gasteiger partial charge in [0.05, 0.1) is 11.8 Å². The van der Waals surface area contributed by atoms with E-state index in [2.05, 4.69) is 67.8 Å². The third-order valence-corrected chi connectivity index (χ3v) is 10.6. The van der Waals surface area contributed by atoms with Crippen LogP contribution in [-0.2, 0) is 19.5 Å². The van der Waals surface area contributed by atoms with Crippen molar-refractivity contribution in [1.82, 2.24) is 24.3 Å². The van der Waals surface area contributed by atoms with E-state index in [0.717, 1.165) is 80.5 Å². The molecule has 0 atom stereocenters. The van der Waals surface area contributed by atoms with Crippen LogP contribution in [0.1, 0.15) is 60.7 Å². The van der Waals surface area contributed by atoms with Crippen LogP contribution < -0.4 is 5.32 Å². The van der Waals surface area contributed by atoms with E-state index in [9.17, 15) is 18.4 Å². The first-order valence-electron chi connectivity index (χ1n) is 15.7. The monoisotopic (exact) mass is 623 g/mol. The highest BCUT2D eigenvalue weighted by Crippen LogP contribution is 2.34. The zero-order valence-electron chi connectivity index (χ0n) is 25.5. The number of fused-ring (bicyclic) bond motifs is 2. The van der Waals surface area contributed by atoms with E-state index in [1.165, 1.54) is 48.8 Å². The lowest BCUT2D eigenvalue weighted by Gasteiger charge is -2.33. The maximum Gasteiger partial charge on any atom is 0.393 e. The molecule has 0 saturated carbocycles. The van der Waals surface area contributed by atoms with Gasteiger partial charge in [0.15, 0.2) is 0 Å². The number of piperidine rings is 2. The fourth-order valence-electron chi connectivity index (χ4n) is 6.90. The predicted molar refractivity (Wildman–Crippen MR) is 170 cm³/mol. The fourth-order valence-corrected chi connectivity index (χ4v) is 7.93. The molecular weight excluding hydrogens is 583 g/mol. The quantitative estimate of drug-likeness (QED) is 0.214. The first-order chi connectivity index (χ1) is 21.2. The van der Waals surface area contributed by atoms with E-state index >= 15 is 0 Å². The summed E-state index contributed by atoms with van der Waals surface area (Å²) in [5, 5.41) is 15.3. The second-order valence-corrected chi connectivity index (χ2v) is 13.5. The number of benzene rings is 1. The van der Waals surface area contributed by atoms with Gasteiger partial charge in [0.1, 0.15) is 28.7 Å². The summed E-state index contributed by atoms with van der Waals surface area (Å²) < 4.78 is 41.0. The first-order valence-corrected chi connectivity index (χ1v) is 16.6. The largest absolute Gasteiger partial charge is 0.393 e. The molecule has 6 rings (SSSR count). The first kappa shape index (κ1) is 30.8. The molecule has 0 spiro atoms. The Morgan fingerprint density at radius 2 is 1.77 bits per heavy atom. The standard InChI is InChI=1S/C33H40F3N7S/c1-3-41-11-6-23(7-12-41)8-15-43-26(19-37)16-28-22(2)24(4-5-30(28)43)20-42-13-9-25(10-14-42)40-31-29-17-27(18-33(34,35)36)44-32(29)39-21-38-31/h4-5,16-17,21,23,25H,3,6-15,18,20H2,1-2H3,(H,38,39,40). The number of halogens is 3. The number of hydrogen-bond donors (Lipinski definition) is 1. The molecule has 0 radical (unpaired) electrons. The van der Waals surface area contributed by atoms with Gasteiger partial charge in [-0.05, 0) is 93.9 Å².